The van der Waals surface area contributed by atoms with Crippen LogP contribution < -0.4 is 5.32 Å². The second-order valence-electron chi connectivity index (χ2n) is 5.12. The molecule has 0 fully saturated rings. The molecule has 0 saturated carbocycles. The molecule has 0 unspecified atom stereocenters. The fourth-order valence-electron chi connectivity index (χ4n) is 2.10. The lowest BCUT2D eigenvalue weighted by Crippen LogP contribution is -2.23. The molecule has 0 bridgehead atoms. The third-order valence-corrected chi connectivity index (χ3v) is 3.94. The molecule has 0 spiro atoms. The van der Waals surface area contributed by atoms with Crippen molar-refractivity contribution in [1.82, 2.24) is 15.5 Å². The molecule has 1 heterocycles. The van der Waals surface area contributed by atoms with Crippen LogP contribution in [0.3, 0.4) is 0 Å². The highest BCUT2D eigenvalue weighted by atomic mass is 35.5. The van der Waals surface area contributed by atoms with E-state index < -0.39 is 10.8 Å². The van der Waals surface area contributed by atoms with Gasteiger partial charge >= 0.3 is 0 Å². The first-order valence-electron chi connectivity index (χ1n) is 7.24. The minimum absolute atomic E-state index is 0.0211. The summed E-state index contributed by atoms with van der Waals surface area (Å²) >= 11 is 11.7. The van der Waals surface area contributed by atoms with Gasteiger partial charge in [-0.2, -0.15) is 4.98 Å². The molecule has 1 amide bonds. The van der Waals surface area contributed by atoms with Gasteiger partial charge in [0.25, 0.3) is 11.6 Å². The summed E-state index contributed by atoms with van der Waals surface area (Å²) in [5.74, 6) is 0.0387. The van der Waals surface area contributed by atoms with E-state index in [1.165, 1.54) is 12.1 Å². The number of nitrogens with one attached hydrogen (secondary N) is 1. The second-order valence-corrected chi connectivity index (χ2v) is 5.97. The summed E-state index contributed by atoms with van der Waals surface area (Å²) in [6.07, 6.45) is 0. The third-order valence-electron chi connectivity index (χ3n) is 3.38. The summed E-state index contributed by atoms with van der Waals surface area (Å²) in [6.45, 7) is -0.0211. The highest BCUT2D eigenvalue weighted by molar-refractivity contribution is 6.34. The van der Waals surface area contributed by atoms with E-state index in [-0.39, 0.29) is 28.7 Å². The molecule has 26 heavy (non-hydrogen) atoms. The van der Waals surface area contributed by atoms with E-state index in [1.807, 2.05) is 0 Å². The van der Waals surface area contributed by atoms with Crippen LogP contribution in [0.2, 0.25) is 10.0 Å². The molecule has 0 aliphatic heterocycles. The highest BCUT2D eigenvalue weighted by Gasteiger charge is 2.16. The van der Waals surface area contributed by atoms with Crippen LogP contribution in [0.25, 0.3) is 11.4 Å². The van der Waals surface area contributed by atoms with E-state index in [0.29, 0.717) is 16.4 Å². The first-order valence-corrected chi connectivity index (χ1v) is 8.00. The van der Waals surface area contributed by atoms with Crippen molar-refractivity contribution in [2.24, 2.45) is 0 Å². The zero-order valence-corrected chi connectivity index (χ0v) is 14.5. The molecule has 132 valence electrons. The van der Waals surface area contributed by atoms with Gasteiger partial charge in [-0.15, -0.1) is 0 Å². The molecular weight excluding hydrogens is 383 g/mol. The molecule has 0 saturated heterocycles. The van der Waals surface area contributed by atoms with Gasteiger partial charge in [0.05, 0.1) is 22.1 Å². The molecule has 0 atom stereocenters. The third kappa shape index (κ3) is 3.98. The van der Waals surface area contributed by atoms with Gasteiger partial charge in [0.1, 0.15) is 0 Å². The molecule has 8 nitrogen and oxygen atoms in total. The highest BCUT2D eigenvalue weighted by Crippen LogP contribution is 2.22. The van der Waals surface area contributed by atoms with Crippen molar-refractivity contribution in [2.75, 3.05) is 0 Å². The Kier molecular flexibility index (Phi) is 5.15. The van der Waals surface area contributed by atoms with E-state index in [9.17, 15) is 14.9 Å². The van der Waals surface area contributed by atoms with Crippen LogP contribution in [0, 0.1) is 10.1 Å². The minimum atomic E-state index is -0.593. The molecule has 1 aromatic heterocycles. The van der Waals surface area contributed by atoms with E-state index in [1.54, 1.807) is 24.3 Å². The molecule has 1 N–H and O–H groups in total. The molecule has 0 radical (unpaired) electrons. The quantitative estimate of drug-likeness (QED) is 0.520. The lowest BCUT2D eigenvalue weighted by molar-refractivity contribution is -0.384. The number of non-ortho nitro benzene ring substituents is 1. The van der Waals surface area contributed by atoms with Crippen LogP contribution >= 0.6 is 23.2 Å². The number of nitrogens with zero attached hydrogens (tertiary/aromatic N) is 3. The van der Waals surface area contributed by atoms with Crippen LogP contribution in [0.5, 0.6) is 0 Å². The predicted octanol–water partition coefficient (Wildman–Crippen LogP) is 3.88. The Morgan fingerprint density at radius 2 is 1.92 bits per heavy atom. The van der Waals surface area contributed by atoms with Crippen LogP contribution in [-0.2, 0) is 6.54 Å². The number of carbonyl (C=O) groups is 1. The van der Waals surface area contributed by atoms with Gasteiger partial charge in [-0.05, 0) is 30.3 Å². The monoisotopic (exact) mass is 392 g/mol. The number of amides is 1. The Morgan fingerprint density at radius 1 is 1.19 bits per heavy atom. The summed E-state index contributed by atoms with van der Waals surface area (Å²) in [4.78, 5) is 26.4. The Bertz CT molecular complexity index is 973. The molecule has 3 aromatic rings. The average molecular weight is 393 g/mol. The lowest BCUT2D eigenvalue weighted by Gasteiger charge is -2.04. The van der Waals surface area contributed by atoms with Crippen LogP contribution in [0.15, 0.2) is 47.0 Å². The zero-order valence-electron chi connectivity index (χ0n) is 13.0. The van der Waals surface area contributed by atoms with E-state index in [4.69, 9.17) is 27.7 Å². The number of hydrogen-bond acceptors (Lipinski definition) is 6. The fraction of sp³-hybridized carbons (Fsp3) is 0.0625. The van der Waals surface area contributed by atoms with Crippen molar-refractivity contribution in [3.05, 3.63) is 74.1 Å². The number of benzene rings is 2. The van der Waals surface area contributed by atoms with Crippen molar-refractivity contribution < 1.29 is 14.2 Å². The normalized spacial score (nSPS) is 10.5. The average Bonchev–Trinajstić information content (AvgIpc) is 3.09. The Hall–Kier alpha value is -2.97. The summed E-state index contributed by atoms with van der Waals surface area (Å²) in [7, 11) is 0. The number of carbonyl (C=O) groups excluding carboxylic acids is 1. The maximum absolute atomic E-state index is 12.2. The lowest BCUT2D eigenvalue weighted by atomic mass is 10.2. The number of aromatic nitrogens is 2. The van der Waals surface area contributed by atoms with Crippen LogP contribution in [0.4, 0.5) is 5.69 Å². The first kappa shape index (κ1) is 17.8. The topological polar surface area (TPSA) is 111 Å². The van der Waals surface area contributed by atoms with Crippen molar-refractivity contribution in [1.29, 1.82) is 0 Å². The standard InChI is InChI=1S/C16H10Cl2N4O4/c17-10-3-1-9(2-4-10)15-20-14(26-21-15)8-19-16(23)12-6-5-11(22(24)25)7-13(12)18/h1-7H,8H2,(H,19,23). The SMILES string of the molecule is O=C(NCc1nc(-c2ccc(Cl)cc2)no1)c1ccc([N+](=O)[O-])cc1Cl. The summed E-state index contributed by atoms with van der Waals surface area (Å²) in [5.41, 5.74) is 0.625. The van der Waals surface area contributed by atoms with Crippen molar-refractivity contribution in [3.63, 3.8) is 0 Å². The number of hydrogen-bond donors (Lipinski definition) is 1. The summed E-state index contributed by atoms with van der Waals surface area (Å²) in [5, 5.41) is 17.7. The molecular formula is C16H10Cl2N4O4. The Balaban J connectivity index is 1.67. The van der Waals surface area contributed by atoms with Crippen molar-refractivity contribution >= 4 is 34.8 Å². The van der Waals surface area contributed by atoms with Crippen molar-refractivity contribution in [3.8, 4) is 11.4 Å². The maximum atomic E-state index is 12.2. The summed E-state index contributed by atoms with van der Waals surface area (Å²) in [6, 6.07) is 10.5. The van der Waals surface area contributed by atoms with Gasteiger partial charge in [0.15, 0.2) is 0 Å². The minimum Gasteiger partial charge on any atom is -0.343 e. The number of halogens is 2. The number of nitro benzene ring substituents is 1. The zero-order chi connectivity index (χ0) is 18.7. The Morgan fingerprint density at radius 3 is 2.58 bits per heavy atom. The maximum Gasteiger partial charge on any atom is 0.270 e. The van der Waals surface area contributed by atoms with E-state index in [0.717, 1.165) is 6.07 Å². The number of rotatable bonds is 5. The molecule has 3 rings (SSSR count). The molecule has 0 aliphatic carbocycles. The smallest absolute Gasteiger partial charge is 0.270 e. The molecule has 0 aliphatic rings. The van der Waals surface area contributed by atoms with Gasteiger partial charge < -0.3 is 9.84 Å². The van der Waals surface area contributed by atoms with E-state index >= 15 is 0 Å². The van der Waals surface area contributed by atoms with Gasteiger partial charge in [0.2, 0.25) is 11.7 Å². The first-order chi connectivity index (χ1) is 12.4. The second kappa shape index (κ2) is 7.51. The van der Waals surface area contributed by atoms with Crippen molar-refractivity contribution in [2.45, 2.75) is 6.54 Å². The van der Waals surface area contributed by atoms with Gasteiger partial charge in [-0.1, -0.05) is 28.4 Å². The van der Waals surface area contributed by atoms with E-state index in [2.05, 4.69) is 15.5 Å². The van der Waals surface area contributed by atoms with Crippen LogP contribution in [0.1, 0.15) is 16.2 Å². The number of nitro groups is 1. The molecule has 10 heteroatoms. The Labute approximate surface area is 156 Å². The van der Waals surface area contributed by atoms with Gasteiger partial charge in [-0.25, -0.2) is 0 Å². The fourth-order valence-corrected chi connectivity index (χ4v) is 2.48. The van der Waals surface area contributed by atoms with Crippen LogP contribution in [-0.4, -0.2) is 21.0 Å². The van der Waals surface area contributed by atoms with Gasteiger partial charge in [-0.3, -0.25) is 14.9 Å². The molecule has 2 aromatic carbocycles. The predicted molar refractivity (Wildman–Crippen MR) is 94.0 cm³/mol. The largest absolute Gasteiger partial charge is 0.343 e. The summed E-state index contributed by atoms with van der Waals surface area (Å²) < 4.78 is 5.09. The van der Waals surface area contributed by atoms with Gasteiger partial charge in [0, 0.05) is 22.7 Å².